The number of nitrogens with zero attached hydrogens (tertiary/aromatic N) is 3. The molecular formula is C18H22N6O2. The number of urea groups is 1. The summed E-state index contributed by atoms with van der Waals surface area (Å²) >= 11 is 0. The summed E-state index contributed by atoms with van der Waals surface area (Å²) in [6.45, 7) is 7.55. The Kier molecular flexibility index (Phi) is 5.01. The van der Waals surface area contributed by atoms with E-state index in [0.29, 0.717) is 23.9 Å². The van der Waals surface area contributed by atoms with E-state index in [-0.39, 0.29) is 12.1 Å². The van der Waals surface area contributed by atoms with Gasteiger partial charge in [0.05, 0.1) is 5.69 Å². The highest BCUT2D eigenvalue weighted by Crippen LogP contribution is 2.24. The zero-order valence-corrected chi connectivity index (χ0v) is 15.3. The number of rotatable bonds is 5. The van der Waals surface area contributed by atoms with Crippen molar-refractivity contribution in [1.29, 1.82) is 0 Å². The highest BCUT2D eigenvalue weighted by atomic mass is 16.4. The standard InChI is InChI=1S/C18H22N6O2/c1-10-5-6-14(17-24-22-13(4)26-17)9-16(10)20-18(25)19-11(2)7-15-8-12(3)21-23-15/h5-6,8-9,11H,7H2,1-4H3,(H,21,23)(H2,19,20,25). The monoisotopic (exact) mass is 354 g/mol. The Hall–Kier alpha value is -3.16. The van der Waals surface area contributed by atoms with Gasteiger partial charge in [-0.15, -0.1) is 10.2 Å². The van der Waals surface area contributed by atoms with Crippen LogP contribution < -0.4 is 10.6 Å². The molecule has 0 fully saturated rings. The first kappa shape index (κ1) is 17.7. The average molecular weight is 354 g/mol. The van der Waals surface area contributed by atoms with E-state index in [1.807, 2.05) is 45.0 Å². The molecule has 0 aliphatic heterocycles. The van der Waals surface area contributed by atoms with Crippen LogP contribution in [0.25, 0.3) is 11.5 Å². The van der Waals surface area contributed by atoms with Crippen molar-refractivity contribution in [2.45, 2.75) is 40.2 Å². The summed E-state index contributed by atoms with van der Waals surface area (Å²) < 4.78 is 5.44. The predicted octanol–water partition coefficient (Wildman–Crippen LogP) is 3.14. The van der Waals surface area contributed by atoms with Crippen molar-refractivity contribution in [3.8, 4) is 11.5 Å². The van der Waals surface area contributed by atoms with E-state index >= 15 is 0 Å². The van der Waals surface area contributed by atoms with Crippen LogP contribution in [-0.2, 0) is 6.42 Å². The number of aryl methyl sites for hydroxylation is 3. The molecule has 0 aliphatic carbocycles. The second kappa shape index (κ2) is 7.38. The molecule has 3 rings (SSSR count). The minimum absolute atomic E-state index is 0.0558. The molecule has 2 heterocycles. The second-order valence-corrected chi connectivity index (χ2v) is 6.40. The van der Waals surface area contributed by atoms with Crippen molar-refractivity contribution in [1.82, 2.24) is 25.7 Å². The summed E-state index contributed by atoms with van der Waals surface area (Å²) in [6.07, 6.45) is 0.651. The maximum Gasteiger partial charge on any atom is 0.319 e. The molecule has 2 aromatic heterocycles. The first-order chi connectivity index (χ1) is 12.4. The number of carbonyl (C=O) groups is 1. The van der Waals surface area contributed by atoms with Crippen molar-refractivity contribution >= 4 is 11.7 Å². The van der Waals surface area contributed by atoms with Crippen LogP contribution in [0, 0.1) is 20.8 Å². The van der Waals surface area contributed by atoms with Crippen LogP contribution in [0.15, 0.2) is 28.7 Å². The smallest absolute Gasteiger partial charge is 0.319 e. The summed E-state index contributed by atoms with van der Waals surface area (Å²) in [5, 5.41) is 20.7. The van der Waals surface area contributed by atoms with Gasteiger partial charge in [-0.2, -0.15) is 5.10 Å². The molecule has 0 radical (unpaired) electrons. The molecule has 3 aromatic rings. The number of benzene rings is 1. The second-order valence-electron chi connectivity index (χ2n) is 6.40. The number of carbonyl (C=O) groups excluding carboxylic acids is 1. The van der Waals surface area contributed by atoms with Crippen LogP contribution in [0.1, 0.15) is 29.8 Å². The van der Waals surface area contributed by atoms with Gasteiger partial charge in [-0.3, -0.25) is 5.10 Å². The Morgan fingerprint density at radius 2 is 2.04 bits per heavy atom. The number of hydrogen-bond donors (Lipinski definition) is 3. The van der Waals surface area contributed by atoms with Crippen molar-refractivity contribution in [3.63, 3.8) is 0 Å². The fourth-order valence-corrected chi connectivity index (χ4v) is 2.63. The maximum absolute atomic E-state index is 12.3. The van der Waals surface area contributed by atoms with Gasteiger partial charge in [0.2, 0.25) is 11.8 Å². The number of anilines is 1. The van der Waals surface area contributed by atoms with E-state index in [0.717, 1.165) is 22.5 Å². The van der Waals surface area contributed by atoms with E-state index in [1.165, 1.54) is 0 Å². The molecule has 136 valence electrons. The van der Waals surface area contributed by atoms with E-state index in [2.05, 4.69) is 31.0 Å². The minimum atomic E-state index is -0.272. The molecule has 0 saturated carbocycles. The fourth-order valence-electron chi connectivity index (χ4n) is 2.63. The summed E-state index contributed by atoms with van der Waals surface area (Å²) in [5.74, 6) is 0.920. The van der Waals surface area contributed by atoms with Gasteiger partial charge in [-0.05, 0) is 44.5 Å². The lowest BCUT2D eigenvalue weighted by Crippen LogP contribution is -2.37. The Labute approximate surface area is 151 Å². The molecule has 1 aromatic carbocycles. The van der Waals surface area contributed by atoms with Crippen LogP contribution in [0.2, 0.25) is 0 Å². The molecule has 3 N–H and O–H groups in total. The first-order valence-corrected chi connectivity index (χ1v) is 8.40. The SMILES string of the molecule is Cc1cc(CC(C)NC(=O)Nc2cc(-c3nnc(C)o3)ccc2C)n[nH]1. The molecule has 0 aliphatic rings. The third-order valence-electron chi connectivity index (χ3n) is 3.91. The number of H-pyrrole nitrogens is 1. The zero-order chi connectivity index (χ0) is 18.7. The number of aromatic amines is 1. The third kappa shape index (κ3) is 4.27. The number of hydrogen-bond acceptors (Lipinski definition) is 5. The zero-order valence-electron chi connectivity index (χ0n) is 15.3. The van der Waals surface area contributed by atoms with E-state index in [1.54, 1.807) is 6.92 Å². The molecule has 1 atom stereocenters. The summed E-state index contributed by atoms with van der Waals surface area (Å²) in [7, 11) is 0. The van der Waals surface area contributed by atoms with Crippen LogP contribution in [0.4, 0.5) is 10.5 Å². The van der Waals surface area contributed by atoms with Crippen LogP contribution in [-0.4, -0.2) is 32.5 Å². The van der Waals surface area contributed by atoms with Gasteiger partial charge in [0.25, 0.3) is 0 Å². The Morgan fingerprint density at radius 3 is 2.69 bits per heavy atom. The lowest BCUT2D eigenvalue weighted by molar-refractivity contribution is 0.249. The molecule has 8 nitrogen and oxygen atoms in total. The quantitative estimate of drug-likeness (QED) is 0.652. The van der Waals surface area contributed by atoms with E-state index < -0.39 is 0 Å². The fraction of sp³-hybridized carbons (Fsp3) is 0.333. The molecule has 1 unspecified atom stereocenters. The van der Waals surface area contributed by atoms with Crippen molar-refractivity contribution in [2.24, 2.45) is 0 Å². The maximum atomic E-state index is 12.3. The number of amides is 2. The summed E-state index contributed by atoms with van der Waals surface area (Å²) in [4.78, 5) is 12.3. The van der Waals surface area contributed by atoms with Gasteiger partial charge in [-0.25, -0.2) is 4.79 Å². The van der Waals surface area contributed by atoms with Gasteiger partial charge in [0, 0.05) is 36.3 Å². The Morgan fingerprint density at radius 1 is 1.23 bits per heavy atom. The van der Waals surface area contributed by atoms with Crippen molar-refractivity contribution < 1.29 is 9.21 Å². The van der Waals surface area contributed by atoms with Gasteiger partial charge < -0.3 is 15.1 Å². The minimum Gasteiger partial charge on any atom is -0.421 e. The molecule has 0 bridgehead atoms. The van der Waals surface area contributed by atoms with Crippen LogP contribution in [0.5, 0.6) is 0 Å². The topological polar surface area (TPSA) is 109 Å². The van der Waals surface area contributed by atoms with Gasteiger partial charge in [0.15, 0.2) is 0 Å². The molecule has 0 spiro atoms. The highest BCUT2D eigenvalue weighted by Gasteiger charge is 2.13. The van der Waals surface area contributed by atoms with Gasteiger partial charge in [0.1, 0.15) is 0 Å². The summed E-state index contributed by atoms with van der Waals surface area (Å²) in [5.41, 5.74) is 4.31. The van der Waals surface area contributed by atoms with Gasteiger partial charge in [-0.1, -0.05) is 6.07 Å². The normalized spacial score (nSPS) is 12.0. The highest BCUT2D eigenvalue weighted by molar-refractivity contribution is 5.91. The summed E-state index contributed by atoms with van der Waals surface area (Å²) in [6, 6.07) is 7.25. The first-order valence-electron chi connectivity index (χ1n) is 8.40. The molecule has 26 heavy (non-hydrogen) atoms. The van der Waals surface area contributed by atoms with Crippen LogP contribution >= 0.6 is 0 Å². The van der Waals surface area contributed by atoms with E-state index in [4.69, 9.17) is 4.42 Å². The lowest BCUT2D eigenvalue weighted by atomic mass is 10.1. The Balaban J connectivity index is 1.64. The third-order valence-corrected chi connectivity index (χ3v) is 3.91. The lowest BCUT2D eigenvalue weighted by Gasteiger charge is -2.15. The number of aromatic nitrogens is 4. The Bertz CT molecular complexity index is 914. The largest absolute Gasteiger partial charge is 0.421 e. The van der Waals surface area contributed by atoms with Gasteiger partial charge >= 0.3 is 6.03 Å². The van der Waals surface area contributed by atoms with Crippen molar-refractivity contribution in [2.75, 3.05) is 5.32 Å². The van der Waals surface area contributed by atoms with E-state index in [9.17, 15) is 4.79 Å². The average Bonchev–Trinajstić information content (AvgIpc) is 3.18. The molecular weight excluding hydrogens is 332 g/mol. The molecule has 2 amide bonds. The molecule has 8 heteroatoms. The van der Waals surface area contributed by atoms with Crippen LogP contribution in [0.3, 0.4) is 0 Å². The van der Waals surface area contributed by atoms with Crippen molar-refractivity contribution in [3.05, 3.63) is 47.1 Å². The predicted molar refractivity (Wildman–Crippen MR) is 97.9 cm³/mol. The molecule has 0 saturated heterocycles. The number of nitrogens with one attached hydrogen (secondary N) is 3.